The molecule has 1 saturated heterocycles. The zero-order valence-electron chi connectivity index (χ0n) is 11.8. The van der Waals surface area contributed by atoms with Crippen LogP contribution in [0.1, 0.15) is 35.7 Å². The molecule has 1 aliphatic heterocycles. The SMILES string of the molecule is Cc1cc(Br)cc(C(=O)NC(C)C(=O)N2CCCC2)c1. The number of aryl methyl sites for hydroxylation is 1. The standard InChI is InChI=1S/C15H19BrN2O2/c1-10-7-12(9-13(16)8-10)14(19)17-11(2)15(20)18-5-3-4-6-18/h7-9,11H,3-6H2,1-2H3,(H,17,19). The lowest BCUT2D eigenvalue weighted by atomic mass is 10.1. The molecular weight excluding hydrogens is 320 g/mol. The molecule has 0 radical (unpaired) electrons. The maximum Gasteiger partial charge on any atom is 0.251 e. The van der Waals surface area contributed by atoms with E-state index < -0.39 is 6.04 Å². The number of halogens is 1. The number of amides is 2. The van der Waals surface area contributed by atoms with E-state index in [1.807, 2.05) is 24.0 Å². The van der Waals surface area contributed by atoms with Gasteiger partial charge < -0.3 is 10.2 Å². The van der Waals surface area contributed by atoms with Crippen molar-refractivity contribution < 1.29 is 9.59 Å². The fraction of sp³-hybridized carbons (Fsp3) is 0.467. The second-order valence-electron chi connectivity index (χ2n) is 5.24. The molecule has 1 N–H and O–H groups in total. The number of carbonyl (C=O) groups excluding carboxylic acids is 2. The molecule has 1 heterocycles. The van der Waals surface area contributed by atoms with Crippen LogP contribution in [0.15, 0.2) is 22.7 Å². The van der Waals surface area contributed by atoms with Crippen LogP contribution in [0.4, 0.5) is 0 Å². The lowest BCUT2D eigenvalue weighted by Crippen LogP contribution is -2.45. The van der Waals surface area contributed by atoms with Crippen molar-refractivity contribution in [2.45, 2.75) is 32.7 Å². The minimum atomic E-state index is -0.486. The van der Waals surface area contributed by atoms with Crippen molar-refractivity contribution in [3.63, 3.8) is 0 Å². The van der Waals surface area contributed by atoms with Crippen LogP contribution in [0.5, 0.6) is 0 Å². The second kappa shape index (κ2) is 6.39. The predicted molar refractivity (Wildman–Crippen MR) is 81.6 cm³/mol. The van der Waals surface area contributed by atoms with E-state index in [0.29, 0.717) is 5.56 Å². The van der Waals surface area contributed by atoms with E-state index >= 15 is 0 Å². The quantitative estimate of drug-likeness (QED) is 0.920. The Balaban J connectivity index is 2.01. The average molecular weight is 339 g/mol. The predicted octanol–water partition coefficient (Wildman–Crippen LogP) is 2.50. The number of hydrogen-bond acceptors (Lipinski definition) is 2. The van der Waals surface area contributed by atoms with Crippen molar-refractivity contribution in [3.05, 3.63) is 33.8 Å². The molecule has 1 fully saturated rings. The number of carbonyl (C=O) groups is 2. The summed E-state index contributed by atoms with van der Waals surface area (Å²) >= 11 is 3.38. The Bertz CT molecular complexity index is 504. The second-order valence-corrected chi connectivity index (χ2v) is 6.16. The summed E-state index contributed by atoms with van der Waals surface area (Å²) in [4.78, 5) is 26.1. The van der Waals surface area contributed by atoms with Gasteiger partial charge in [-0.15, -0.1) is 0 Å². The van der Waals surface area contributed by atoms with E-state index in [2.05, 4.69) is 21.2 Å². The summed E-state index contributed by atoms with van der Waals surface area (Å²) < 4.78 is 0.862. The van der Waals surface area contributed by atoms with E-state index in [4.69, 9.17) is 0 Å². The molecule has 0 aromatic heterocycles. The van der Waals surface area contributed by atoms with Crippen LogP contribution in [0.25, 0.3) is 0 Å². The lowest BCUT2D eigenvalue weighted by Gasteiger charge is -2.21. The Morgan fingerprint density at radius 2 is 1.90 bits per heavy atom. The van der Waals surface area contributed by atoms with E-state index in [-0.39, 0.29) is 11.8 Å². The molecule has 1 aromatic rings. The summed E-state index contributed by atoms with van der Waals surface area (Å²) in [6.45, 7) is 5.27. The number of rotatable bonds is 3. The summed E-state index contributed by atoms with van der Waals surface area (Å²) in [5.74, 6) is -0.211. The smallest absolute Gasteiger partial charge is 0.251 e. The number of nitrogens with one attached hydrogen (secondary N) is 1. The zero-order chi connectivity index (χ0) is 14.7. The van der Waals surface area contributed by atoms with Gasteiger partial charge in [-0.1, -0.05) is 15.9 Å². The first-order valence-electron chi connectivity index (χ1n) is 6.84. The molecule has 108 valence electrons. The lowest BCUT2D eigenvalue weighted by molar-refractivity contribution is -0.131. The highest BCUT2D eigenvalue weighted by molar-refractivity contribution is 9.10. The van der Waals surface area contributed by atoms with Gasteiger partial charge in [-0.05, 0) is 50.5 Å². The molecule has 0 spiro atoms. The summed E-state index contributed by atoms with van der Waals surface area (Å²) in [5.41, 5.74) is 1.57. The summed E-state index contributed by atoms with van der Waals surface area (Å²) in [5, 5.41) is 2.78. The normalized spacial score (nSPS) is 16.1. The Labute approximate surface area is 127 Å². The maximum absolute atomic E-state index is 12.2. The van der Waals surface area contributed by atoms with Crippen LogP contribution >= 0.6 is 15.9 Å². The Morgan fingerprint density at radius 1 is 1.25 bits per heavy atom. The molecule has 1 atom stereocenters. The molecule has 0 aliphatic carbocycles. The summed E-state index contributed by atoms with van der Waals surface area (Å²) in [6.07, 6.45) is 2.11. The van der Waals surface area contributed by atoms with Gasteiger partial charge in [0.05, 0.1) is 0 Å². The molecule has 20 heavy (non-hydrogen) atoms. The van der Waals surface area contributed by atoms with Crippen molar-refractivity contribution in [1.29, 1.82) is 0 Å². The molecule has 4 nitrogen and oxygen atoms in total. The molecule has 0 bridgehead atoms. The fourth-order valence-corrected chi connectivity index (χ4v) is 3.03. The van der Waals surface area contributed by atoms with Gasteiger partial charge in [-0.3, -0.25) is 9.59 Å². The molecule has 1 unspecified atom stereocenters. The Morgan fingerprint density at radius 3 is 2.50 bits per heavy atom. The molecule has 0 saturated carbocycles. The van der Waals surface area contributed by atoms with Crippen LogP contribution in [-0.2, 0) is 4.79 Å². The maximum atomic E-state index is 12.2. The van der Waals surface area contributed by atoms with Gasteiger partial charge >= 0.3 is 0 Å². The van der Waals surface area contributed by atoms with Crippen molar-refractivity contribution >= 4 is 27.7 Å². The van der Waals surface area contributed by atoms with E-state index in [1.54, 1.807) is 13.0 Å². The number of benzene rings is 1. The van der Waals surface area contributed by atoms with Gasteiger partial charge in [0.15, 0.2) is 0 Å². The Kier molecular flexibility index (Phi) is 4.81. The van der Waals surface area contributed by atoms with Crippen LogP contribution in [0.2, 0.25) is 0 Å². The molecule has 2 rings (SSSR count). The van der Waals surface area contributed by atoms with Gasteiger partial charge in [-0.2, -0.15) is 0 Å². The minimum absolute atomic E-state index is 0.00238. The van der Waals surface area contributed by atoms with Crippen molar-refractivity contribution in [2.75, 3.05) is 13.1 Å². The van der Waals surface area contributed by atoms with Crippen molar-refractivity contribution in [1.82, 2.24) is 10.2 Å². The van der Waals surface area contributed by atoms with Crippen LogP contribution in [0.3, 0.4) is 0 Å². The van der Waals surface area contributed by atoms with Crippen LogP contribution < -0.4 is 5.32 Å². The molecule has 1 aromatic carbocycles. The Hall–Kier alpha value is -1.36. The van der Waals surface area contributed by atoms with E-state index in [9.17, 15) is 9.59 Å². The topological polar surface area (TPSA) is 49.4 Å². The van der Waals surface area contributed by atoms with Crippen molar-refractivity contribution in [2.24, 2.45) is 0 Å². The first-order valence-corrected chi connectivity index (χ1v) is 7.63. The summed E-state index contributed by atoms with van der Waals surface area (Å²) in [7, 11) is 0. The molecule has 5 heteroatoms. The molecule has 2 amide bonds. The fourth-order valence-electron chi connectivity index (χ4n) is 2.42. The van der Waals surface area contributed by atoms with E-state index in [0.717, 1.165) is 36.0 Å². The van der Waals surface area contributed by atoms with Crippen LogP contribution in [-0.4, -0.2) is 35.8 Å². The van der Waals surface area contributed by atoms with Gasteiger partial charge in [0.2, 0.25) is 5.91 Å². The van der Waals surface area contributed by atoms with Crippen LogP contribution in [0, 0.1) is 6.92 Å². The number of likely N-dealkylation sites (tertiary alicyclic amines) is 1. The largest absolute Gasteiger partial charge is 0.341 e. The first-order chi connectivity index (χ1) is 9.47. The molecular formula is C15H19BrN2O2. The van der Waals surface area contributed by atoms with E-state index in [1.165, 1.54) is 0 Å². The highest BCUT2D eigenvalue weighted by atomic mass is 79.9. The number of nitrogens with zero attached hydrogens (tertiary/aromatic N) is 1. The molecule has 1 aliphatic rings. The highest BCUT2D eigenvalue weighted by Crippen LogP contribution is 2.15. The average Bonchev–Trinajstić information content (AvgIpc) is 2.90. The first kappa shape index (κ1) is 15.0. The zero-order valence-corrected chi connectivity index (χ0v) is 13.4. The summed E-state index contributed by atoms with van der Waals surface area (Å²) in [6, 6.07) is 5.03. The van der Waals surface area contributed by atoms with Gasteiger partial charge in [-0.25, -0.2) is 0 Å². The van der Waals surface area contributed by atoms with Gasteiger partial charge in [0.25, 0.3) is 5.91 Å². The third-order valence-corrected chi connectivity index (χ3v) is 3.90. The third kappa shape index (κ3) is 3.60. The third-order valence-electron chi connectivity index (χ3n) is 3.44. The van der Waals surface area contributed by atoms with Gasteiger partial charge in [0.1, 0.15) is 6.04 Å². The number of hydrogen-bond donors (Lipinski definition) is 1. The van der Waals surface area contributed by atoms with Crippen molar-refractivity contribution in [3.8, 4) is 0 Å². The minimum Gasteiger partial charge on any atom is -0.341 e. The monoisotopic (exact) mass is 338 g/mol. The van der Waals surface area contributed by atoms with Gasteiger partial charge in [0, 0.05) is 23.1 Å². The highest BCUT2D eigenvalue weighted by Gasteiger charge is 2.24.